The van der Waals surface area contributed by atoms with Gasteiger partial charge < -0.3 is 11.1 Å². The molecule has 0 atom stereocenters. The highest BCUT2D eigenvalue weighted by Gasteiger charge is 2.21. The van der Waals surface area contributed by atoms with E-state index >= 15 is 0 Å². The van der Waals surface area contributed by atoms with Crippen molar-refractivity contribution in [2.75, 3.05) is 26.2 Å². The summed E-state index contributed by atoms with van der Waals surface area (Å²) in [6, 6.07) is 14.0. The number of carbonyl (C=O) groups excluding carboxylic acids is 2. The zero-order chi connectivity index (χ0) is 22.2. The van der Waals surface area contributed by atoms with E-state index in [2.05, 4.69) is 40.6 Å². The molecule has 1 aliphatic heterocycles. The number of nitro benzene ring substituents is 1. The van der Waals surface area contributed by atoms with Crippen LogP contribution >= 0.6 is 0 Å². The fourth-order valence-electron chi connectivity index (χ4n) is 3.61. The average Bonchev–Trinajstić information content (AvgIpc) is 2.79. The van der Waals surface area contributed by atoms with Crippen LogP contribution in [0.1, 0.15) is 45.5 Å². The summed E-state index contributed by atoms with van der Waals surface area (Å²) in [4.78, 5) is 36.5. The predicted molar refractivity (Wildman–Crippen MR) is 119 cm³/mol. The second kappa shape index (κ2) is 10.5. The number of hydrogen-bond acceptors (Lipinski definition) is 5. The number of nitrogens with one attached hydrogen (secondary N) is 1. The van der Waals surface area contributed by atoms with Gasteiger partial charge in [-0.1, -0.05) is 36.4 Å². The van der Waals surface area contributed by atoms with E-state index in [0.717, 1.165) is 45.0 Å². The van der Waals surface area contributed by atoms with Crippen molar-refractivity contribution >= 4 is 23.1 Å². The minimum Gasteiger partial charge on any atom is -0.366 e. The molecule has 8 heteroatoms. The quantitative estimate of drug-likeness (QED) is 0.366. The lowest BCUT2D eigenvalue weighted by molar-refractivity contribution is -0.385. The monoisotopic (exact) mass is 422 g/mol. The van der Waals surface area contributed by atoms with Gasteiger partial charge in [0.1, 0.15) is 5.56 Å². The summed E-state index contributed by atoms with van der Waals surface area (Å²) >= 11 is 0. The molecule has 162 valence electrons. The van der Waals surface area contributed by atoms with E-state index in [-0.39, 0.29) is 11.1 Å². The zero-order valence-corrected chi connectivity index (χ0v) is 17.3. The van der Waals surface area contributed by atoms with Crippen LogP contribution in [-0.2, 0) is 0 Å². The van der Waals surface area contributed by atoms with Crippen LogP contribution in [0.2, 0.25) is 0 Å². The van der Waals surface area contributed by atoms with Crippen molar-refractivity contribution in [1.29, 1.82) is 0 Å². The van der Waals surface area contributed by atoms with E-state index in [1.54, 1.807) is 0 Å². The Hall–Kier alpha value is -3.52. The first-order valence-corrected chi connectivity index (χ1v) is 10.3. The predicted octanol–water partition coefficient (Wildman–Crippen LogP) is 2.99. The molecule has 0 spiro atoms. The van der Waals surface area contributed by atoms with Crippen molar-refractivity contribution in [2.24, 2.45) is 5.73 Å². The van der Waals surface area contributed by atoms with Gasteiger partial charge in [0.05, 0.1) is 4.92 Å². The van der Waals surface area contributed by atoms with Crippen LogP contribution < -0.4 is 11.1 Å². The molecule has 2 amide bonds. The molecule has 0 saturated heterocycles. The first-order chi connectivity index (χ1) is 15.0. The van der Waals surface area contributed by atoms with Gasteiger partial charge in [-0.3, -0.25) is 24.6 Å². The Kier molecular flexibility index (Phi) is 7.50. The minimum atomic E-state index is -0.779. The Labute approximate surface area is 180 Å². The molecule has 1 heterocycles. The standard InChI is InChI=1S/C23H26N4O4/c24-22(28)19-8-9-20(21(16-19)27(30)31)23(29)25-12-4-5-13-26-14-10-18(11-15-26)17-6-2-1-3-7-17/h1-3,6-10,16H,4-5,11-15H2,(H2,24,28)(H,25,29). The molecule has 3 rings (SSSR count). The van der Waals surface area contributed by atoms with E-state index in [4.69, 9.17) is 5.73 Å². The largest absolute Gasteiger partial charge is 0.366 e. The highest BCUT2D eigenvalue weighted by molar-refractivity contribution is 6.00. The molecular formula is C23H26N4O4. The Morgan fingerprint density at radius 3 is 2.55 bits per heavy atom. The van der Waals surface area contributed by atoms with Gasteiger partial charge in [-0.15, -0.1) is 0 Å². The topological polar surface area (TPSA) is 119 Å². The number of nitrogens with zero attached hydrogens (tertiary/aromatic N) is 2. The van der Waals surface area contributed by atoms with Crippen LogP contribution in [0.4, 0.5) is 5.69 Å². The van der Waals surface area contributed by atoms with E-state index in [9.17, 15) is 19.7 Å². The van der Waals surface area contributed by atoms with Crippen molar-refractivity contribution < 1.29 is 14.5 Å². The molecule has 0 unspecified atom stereocenters. The van der Waals surface area contributed by atoms with Crippen LogP contribution in [0.3, 0.4) is 0 Å². The van der Waals surface area contributed by atoms with E-state index in [1.165, 1.54) is 23.3 Å². The molecule has 0 aliphatic carbocycles. The number of hydrogen-bond donors (Lipinski definition) is 2. The molecule has 0 saturated carbocycles. The maximum Gasteiger partial charge on any atom is 0.282 e. The average molecular weight is 422 g/mol. The third-order valence-electron chi connectivity index (χ3n) is 5.35. The number of benzene rings is 2. The summed E-state index contributed by atoms with van der Waals surface area (Å²) in [5.41, 5.74) is 7.30. The number of primary amides is 1. The molecule has 2 aromatic carbocycles. The van der Waals surface area contributed by atoms with Crippen LogP contribution in [0.25, 0.3) is 5.57 Å². The molecule has 2 aromatic rings. The summed E-state index contributed by atoms with van der Waals surface area (Å²) in [5.74, 6) is -1.31. The zero-order valence-electron chi connectivity index (χ0n) is 17.3. The van der Waals surface area contributed by atoms with Crippen molar-refractivity contribution in [3.63, 3.8) is 0 Å². The lowest BCUT2D eigenvalue weighted by Crippen LogP contribution is -2.30. The number of nitrogens with two attached hydrogens (primary N) is 1. The number of amides is 2. The summed E-state index contributed by atoms with van der Waals surface area (Å²) in [6.07, 6.45) is 4.98. The molecule has 1 aliphatic rings. The lowest BCUT2D eigenvalue weighted by atomic mass is 9.99. The Bertz CT molecular complexity index is 988. The number of carbonyl (C=O) groups is 2. The normalized spacial score (nSPS) is 14.0. The second-order valence-corrected chi connectivity index (χ2v) is 7.46. The SMILES string of the molecule is NC(=O)c1ccc(C(=O)NCCCCN2CC=C(c3ccccc3)CC2)c([N+](=O)[O-])c1. The first kappa shape index (κ1) is 22.2. The second-order valence-electron chi connectivity index (χ2n) is 7.46. The molecular weight excluding hydrogens is 396 g/mol. The smallest absolute Gasteiger partial charge is 0.282 e. The minimum absolute atomic E-state index is 0.00532. The Balaban J connectivity index is 1.42. The van der Waals surface area contributed by atoms with Gasteiger partial charge in [-0.05, 0) is 49.1 Å². The van der Waals surface area contributed by atoms with Crippen LogP contribution in [0.5, 0.6) is 0 Å². The Morgan fingerprint density at radius 1 is 1.13 bits per heavy atom. The summed E-state index contributed by atoms with van der Waals surface area (Å²) < 4.78 is 0. The van der Waals surface area contributed by atoms with E-state index < -0.39 is 22.4 Å². The van der Waals surface area contributed by atoms with Crippen molar-refractivity contribution in [1.82, 2.24) is 10.2 Å². The van der Waals surface area contributed by atoms with Gasteiger partial charge in [-0.25, -0.2) is 0 Å². The van der Waals surface area contributed by atoms with E-state index in [1.807, 2.05) is 6.07 Å². The van der Waals surface area contributed by atoms with Gasteiger partial charge in [0.25, 0.3) is 11.6 Å². The lowest BCUT2D eigenvalue weighted by Gasteiger charge is -2.26. The van der Waals surface area contributed by atoms with E-state index in [0.29, 0.717) is 6.54 Å². The first-order valence-electron chi connectivity index (χ1n) is 10.3. The fourth-order valence-corrected chi connectivity index (χ4v) is 3.61. The highest BCUT2D eigenvalue weighted by Crippen LogP contribution is 2.22. The molecule has 31 heavy (non-hydrogen) atoms. The molecule has 0 fully saturated rings. The highest BCUT2D eigenvalue weighted by atomic mass is 16.6. The van der Waals surface area contributed by atoms with Crippen LogP contribution in [0, 0.1) is 10.1 Å². The maximum atomic E-state index is 12.3. The molecule has 3 N–H and O–H groups in total. The molecule has 0 aromatic heterocycles. The van der Waals surface area contributed by atoms with Crippen LogP contribution in [0.15, 0.2) is 54.6 Å². The maximum absolute atomic E-state index is 12.3. The van der Waals surface area contributed by atoms with Crippen molar-refractivity contribution in [3.8, 4) is 0 Å². The summed E-state index contributed by atoms with van der Waals surface area (Å²) in [7, 11) is 0. The van der Waals surface area contributed by atoms with Crippen molar-refractivity contribution in [2.45, 2.75) is 19.3 Å². The Morgan fingerprint density at radius 2 is 1.90 bits per heavy atom. The molecule has 0 bridgehead atoms. The van der Waals surface area contributed by atoms with Gasteiger partial charge in [0.2, 0.25) is 5.91 Å². The molecule has 0 radical (unpaired) electrons. The number of rotatable bonds is 9. The van der Waals surface area contributed by atoms with Gasteiger partial charge in [-0.2, -0.15) is 0 Å². The third-order valence-corrected chi connectivity index (χ3v) is 5.35. The van der Waals surface area contributed by atoms with Gasteiger partial charge in [0.15, 0.2) is 0 Å². The third kappa shape index (κ3) is 5.99. The van der Waals surface area contributed by atoms with Crippen LogP contribution in [-0.4, -0.2) is 47.8 Å². The summed E-state index contributed by atoms with van der Waals surface area (Å²) in [5, 5.41) is 13.9. The van der Waals surface area contributed by atoms with Crippen molar-refractivity contribution in [3.05, 3.63) is 81.4 Å². The number of nitro groups is 1. The summed E-state index contributed by atoms with van der Waals surface area (Å²) in [6.45, 7) is 3.27. The number of unbranched alkanes of at least 4 members (excludes halogenated alkanes) is 1. The van der Waals surface area contributed by atoms with Gasteiger partial charge in [0, 0.05) is 31.3 Å². The molecule has 8 nitrogen and oxygen atoms in total. The fraction of sp³-hybridized carbons (Fsp3) is 0.304. The van der Waals surface area contributed by atoms with Gasteiger partial charge >= 0.3 is 0 Å².